The van der Waals surface area contributed by atoms with Gasteiger partial charge in [-0.2, -0.15) is 4.31 Å². The minimum Gasteiger partial charge on any atom is -0.465 e. The van der Waals surface area contributed by atoms with Gasteiger partial charge in [0.05, 0.1) is 34.6 Å². The molecular formula is C22H28N4O4S. The Bertz CT molecular complexity index is 1140. The largest absolute Gasteiger partial charge is 0.465 e. The molecule has 0 fully saturated rings. The quantitative estimate of drug-likeness (QED) is 0.508. The first-order chi connectivity index (χ1) is 14.7. The van der Waals surface area contributed by atoms with Crippen LogP contribution in [0.3, 0.4) is 0 Å². The highest BCUT2D eigenvalue weighted by Crippen LogP contribution is 2.23. The van der Waals surface area contributed by atoms with Crippen molar-refractivity contribution in [1.82, 2.24) is 19.3 Å². The molecule has 0 amide bonds. The number of imidazole rings is 1. The van der Waals surface area contributed by atoms with Gasteiger partial charge in [-0.15, -0.1) is 0 Å². The Hall–Kier alpha value is -2.78. The summed E-state index contributed by atoms with van der Waals surface area (Å²) in [6.45, 7) is 5.79. The van der Waals surface area contributed by atoms with Gasteiger partial charge in [0, 0.05) is 19.7 Å². The number of carbonyl (C=O) groups excluding carboxylic acids is 1. The number of aromatic amines is 1. The topological polar surface area (TPSA) is 105 Å². The molecule has 0 bridgehead atoms. The van der Waals surface area contributed by atoms with Crippen LogP contribution in [-0.4, -0.2) is 53.3 Å². The first-order valence-corrected chi connectivity index (χ1v) is 11.7. The zero-order valence-corrected chi connectivity index (χ0v) is 19.0. The molecule has 1 atom stereocenters. The SMILES string of the molecule is CCOC(=O)[C@H](CC(C)C)N(C)S(=O)(=O)c1ccc(Cc2nccc3nc[nH]c23)cc1. The Labute approximate surface area is 182 Å². The third-order valence-corrected chi connectivity index (χ3v) is 6.96. The summed E-state index contributed by atoms with van der Waals surface area (Å²) in [4.78, 5) is 24.3. The minimum atomic E-state index is -3.86. The molecule has 0 saturated carbocycles. The average molecular weight is 445 g/mol. The number of benzene rings is 1. The van der Waals surface area contributed by atoms with Crippen LogP contribution in [0.1, 0.15) is 38.4 Å². The van der Waals surface area contributed by atoms with E-state index in [0.717, 1.165) is 26.6 Å². The summed E-state index contributed by atoms with van der Waals surface area (Å²) in [5, 5.41) is 0. The van der Waals surface area contributed by atoms with E-state index in [9.17, 15) is 13.2 Å². The van der Waals surface area contributed by atoms with Gasteiger partial charge in [0.1, 0.15) is 6.04 Å². The highest BCUT2D eigenvalue weighted by Gasteiger charge is 2.34. The predicted octanol–water partition coefficient (Wildman–Crippen LogP) is 3.15. The molecule has 0 spiro atoms. The molecule has 3 aromatic rings. The lowest BCUT2D eigenvalue weighted by molar-refractivity contribution is -0.147. The lowest BCUT2D eigenvalue weighted by Gasteiger charge is -2.27. The molecule has 0 unspecified atom stereocenters. The second-order valence-corrected chi connectivity index (χ2v) is 9.79. The van der Waals surface area contributed by atoms with Gasteiger partial charge < -0.3 is 9.72 Å². The van der Waals surface area contributed by atoms with Crippen LogP contribution in [-0.2, 0) is 26.0 Å². The molecule has 2 heterocycles. The summed E-state index contributed by atoms with van der Waals surface area (Å²) >= 11 is 0. The smallest absolute Gasteiger partial charge is 0.324 e. The molecule has 0 aliphatic carbocycles. The number of nitrogens with one attached hydrogen (secondary N) is 1. The highest BCUT2D eigenvalue weighted by atomic mass is 32.2. The van der Waals surface area contributed by atoms with E-state index in [0.29, 0.717) is 12.8 Å². The molecule has 1 N–H and O–H groups in total. The number of rotatable bonds is 9. The first kappa shape index (κ1) is 22.9. The highest BCUT2D eigenvalue weighted by molar-refractivity contribution is 7.89. The van der Waals surface area contributed by atoms with Gasteiger partial charge in [0.15, 0.2) is 0 Å². The second-order valence-electron chi connectivity index (χ2n) is 7.79. The van der Waals surface area contributed by atoms with Crippen LogP contribution < -0.4 is 0 Å². The van der Waals surface area contributed by atoms with Crippen LogP contribution >= 0.6 is 0 Å². The number of fused-ring (bicyclic) bond motifs is 1. The zero-order valence-electron chi connectivity index (χ0n) is 18.2. The van der Waals surface area contributed by atoms with Crippen LogP contribution in [0.15, 0.2) is 47.8 Å². The molecule has 166 valence electrons. The van der Waals surface area contributed by atoms with E-state index < -0.39 is 22.0 Å². The molecular weight excluding hydrogens is 416 g/mol. The van der Waals surface area contributed by atoms with Crippen molar-refractivity contribution >= 4 is 27.0 Å². The van der Waals surface area contributed by atoms with Crippen molar-refractivity contribution < 1.29 is 17.9 Å². The standard InChI is InChI=1S/C22H28N4O4S/c1-5-30-22(27)20(12-15(2)3)26(4)31(28,29)17-8-6-16(7-9-17)13-19-21-18(10-11-23-19)24-14-25-21/h6-11,14-15,20H,5,12-13H2,1-4H3,(H,24,25)/t20-/m0/s1. The van der Waals surface area contributed by atoms with Gasteiger partial charge in [0.2, 0.25) is 10.0 Å². The molecule has 0 radical (unpaired) electrons. The van der Waals surface area contributed by atoms with Crippen LogP contribution in [0, 0.1) is 5.92 Å². The summed E-state index contributed by atoms with van der Waals surface area (Å²) in [6.07, 6.45) is 4.25. The molecule has 2 aromatic heterocycles. The van der Waals surface area contributed by atoms with E-state index in [4.69, 9.17) is 4.74 Å². The minimum absolute atomic E-state index is 0.129. The Balaban J connectivity index is 1.82. The van der Waals surface area contributed by atoms with Crippen molar-refractivity contribution in [3.8, 4) is 0 Å². The van der Waals surface area contributed by atoms with Gasteiger partial charge >= 0.3 is 5.97 Å². The van der Waals surface area contributed by atoms with Crippen LogP contribution in [0.4, 0.5) is 0 Å². The van der Waals surface area contributed by atoms with Crippen molar-refractivity contribution in [3.05, 3.63) is 54.1 Å². The monoisotopic (exact) mass is 444 g/mol. The normalized spacial score (nSPS) is 13.1. The van der Waals surface area contributed by atoms with E-state index in [-0.39, 0.29) is 17.4 Å². The van der Waals surface area contributed by atoms with Crippen molar-refractivity contribution in [3.63, 3.8) is 0 Å². The Morgan fingerprint density at radius 3 is 2.52 bits per heavy atom. The number of ether oxygens (including phenoxy) is 1. The number of nitrogens with zero attached hydrogens (tertiary/aromatic N) is 3. The third-order valence-electron chi connectivity index (χ3n) is 5.08. The maximum absolute atomic E-state index is 13.2. The number of likely N-dealkylation sites (N-methyl/N-ethyl adjacent to an activating group) is 1. The Morgan fingerprint density at radius 1 is 1.16 bits per heavy atom. The summed E-state index contributed by atoms with van der Waals surface area (Å²) in [5.41, 5.74) is 3.45. The summed E-state index contributed by atoms with van der Waals surface area (Å²) in [7, 11) is -2.44. The number of hydrogen-bond acceptors (Lipinski definition) is 6. The lowest BCUT2D eigenvalue weighted by atomic mass is 10.0. The first-order valence-electron chi connectivity index (χ1n) is 10.2. The number of H-pyrrole nitrogens is 1. The second kappa shape index (κ2) is 9.57. The molecule has 31 heavy (non-hydrogen) atoms. The fourth-order valence-corrected chi connectivity index (χ4v) is 4.76. The molecule has 9 heteroatoms. The van der Waals surface area contributed by atoms with Crippen molar-refractivity contribution in [2.45, 2.75) is 44.6 Å². The summed E-state index contributed by atoms with van der Waals surface area (Å²) in [5.74, 6) is -0.398. The average Bonchev–Trinajstić information content (AvgIpc) is 3.22. The maximum atomic E-state index is 13.2. The Morgan fingerprint density at radius 2 is 1.87 bits per heavy atom. The van der Waals surface area contributed by atoms with E-state index >= 15 is 0 Å². The molecule has 0 aliphatic heterocycles. The molecule has 1 aromatic carbocycles. The fourth-order valence-electron chi connectivity index (χ4n) is 3.44. The molecule has 8 nitrogen and oxygen atoms in total. The van der Waals surface area contributed by atoms with Gasteiger partial charge in [-0.3, -0.25) is 9.78 Å². The lowest BCUT2D eigenvalue weighted by Crippen LogP contribution is -2.44. The van der Waals surface area contributed by atoms with Gasteiger partial charge in [-0.25, -0.2) is 13.4 Å². The number of pyridine rings is 1. The number of sulfonamides is 1. The maximum Gasteiger partial charge on any atom is 0.324 e. The van der Waals surface area contributed by atoms with Crippen molar-refractivity contribution in [2.24, 2.45) is 5.92 Å². The summed E-state index contributed by atoms with van der Waals surface area (Å²) < 4.78 is 32.6. The predicted molar refractivity (Wildman–Crippen MR) is 118 cm³/mol. The van der Waals surface area contributed by atoms with Crippen molar-refractivity contribution in [2.75, 3.05) is 13.7 Å². The number of aromatic nitrogens is 3. The van der Waals surface area contributed by atoms with Crippen LogP contribution in [0.2, 0.25) is 0 Å². The van der Waals surface area contributed by atoms with Gasteiger partial charge in [-0.1, -0.05) is 26.0 Å². The zero-order chi connectivity index (χ0) is 22.6. The molecule has 3 rings (SSSR count). The van der Waals surface area contributed by atoms with E-state index in [1.165, 1.54) is 7.05 Å². The van der Waals surface area contributed by atoms with Crippen molar-refractivity contribution in [1.29, 1.82) is 0 Å². The van der Waals surface area contributed by atoms with Crippen LogP contribution in [0.25, 0.3) is 11.0 Å². The van der Waals surface area contributed by atoms with E-state index in [1.54, 1.807) is 43.7 Å². The number of hydrogen-bond donors (Lipinski definition) is 1. The third kappa shape index (κ3) is 5.11. The Kier molecular flexibility index (Phi) is 7.07. The number of esters is 1. The summed E-state index contributed by atoms with van der Waals surface area (Å²) in [6, 6.07) is 7.61. The fraction of sp³-hybridized carbons (Fsp3) is 0.409. The molecule has 0 aliphatic rings. The number of carbonyl (C=O) groups is 1. The molecule has 0 saturated heterocycles. The van der Waals surface area contributed by atoms with Gasteiger partial charge in [0.25, 0.3) is 0 Å². The van der Waals surface area contributed by atoms with Crippen LogP contribution in [0.5, 0.6) is 0 Å². The van der Waals surface area contributed by atoms with E-state index in [2.05, 4.69) is 15.0 Å². The van der Waals surface area contributed by atoms with Gasteiger partial charge in [-0.05, 0) is 43.0 Å². The van der Waals surface area contributed by atoms with E-state index in [1.807, 2.05) is 19.9 Å².